The molecule has 0 amide bonds. The number of alkyl halides is 3. The number of sulfonamides is 1. The van der Waals surface area contributed by atoms with Crippen molar-refractivity contribution in [3.63, 3.8) is 0 Å². The van der Waals surface area contributed by atoms with Crippen LogP contribution in [0.2, 0.25) is 0 Å². The first kappa shape index (κ1) is 24.4. The van der Waals surface area contributed by atoms with Crippen LogP contribution in [0.5, 0.6) is 5.75 Å². The van der Waals surface area contributed by atoms with Crippen molar-refractivity contribution >= 4 is 10.0 Å². The zero-order valence-corrected chi connectivity index (χ0v) is 18.8. The van der Waals surface area contributed by atoms with Crippen LogP contribution < -0.4 is 4.74 Å². The van der Waals surface area contributed by atoms with Gasteiger partial charge in [-0.1, -0.05) is 20.8 Å². The maximum atomic E-state index is 13.0. The Labute approximate surface area is 184 Å². The molecule has 1 aromatic carbocycles. The van der Waals surface area contributed by atoms with Gasteiger partial charge in [0.2, 0.25) is 10.0 Å². The van der Waals surface area contributed by atoms with Gasteiger partial charge in [0.25, 0.3) is 0 Å². The quantitative estimate of drug-likeness (QED) is 0.678. The summed E-state index contributed by atoms with van der Waals surface area (Å²) in [5.74, 6) is -0.496. The second kappa shape index (κ2) is 8.61. The summed E-state index contributed by atoms with van der Waals surface area (Å²) in [5.41, 5.74) is -1.89. The number of rotatable bonds is 6. The van der Waals surface area contributed by atoms with Crippen molar-refractivity contribution in [1.82, 2.24) is 24.0 Å². The molecule has 1 saturated heterocycles. The average molecular weight is 478 g/mol. The van der Waals surface area contributed by atoms with Crippen molar-refractivity contribution in [3.8, 4) is 5.75 Å². The van der Waals surface area contributed by atoms with Crippen LogP contribution in [0, 0.1) is 5.41 Å². The highest BCUT2D eigenvalue weighted by Crippen LogP contribution is 2.36. The number of hydrogen-bond donors (Lipinski definition) is 1. The lowest BCUT2D eigenvalue weighted by Gasteiger charge is -2.50. The Bertz CT molecular complexity index is 999. The zero-order valence-electron chi connectivity index (χ0n) is 17.9. The number of piperazine rings is 1. The lowest BCUT2D eigenvalue weighted by atomic mass is 9.81. The third kappa shape index (κ3) is 5.22. The minimum atomic E-state index is -4.85. The maximum Gasteiger partial charge on any atom is 0.573 e. The molecule has 1 aliphatic heterocycles. The van der Waals surface area contributed by atoms with Gasteiger partial charge in [0.15, 0.2) is 0 Å². The van der Waals surface area contributed by atoms with Gasteiger partial charge in [-0.2, -0.15) is 9.40 Å². The molecule has 3 rings (SSSR count). The third-order valence-electron chi connectivity index (χ3n) is 5.51. The van der Waals surface area contributed by atoms with Crippen LogP contribution in [0.3, 0.4) is 0 Å². The maximum absolute atomic E-state index is 13.0. The lowest BCUT2D eigenvalue weighted by molar-refractivity contribution is -0.274. The molecular formula is C19H26F3N5O4S. The first-order valence-corrected chi connectivity index (χ1v) is 11.3. The molecule has 2 aromatic rings. The fourth-order valence-corrected chi connectivity index (χ4v) is 5.03. The fraction of sp³-hybridized carbons (Fsp3) is 0.579. The van der Waals surface area contributed by atoms with Gasteiger partial charge in [-0.05, 0) is 24.3 Å². The van der Waals surface area contributed by atoms with Crippen LogP contribution in [0.4, 0.5) is 13.2 Å². The van der Waals surface area contributed by atoms with E-state index >= 15 is 0 Å². The van der Waals surface area contributed by atoms with Gasteiger partial charge in [0.1, 0.15) is 24.1 Å². The summed E-state index contributed by atoms with van der Waals surface area (Å²) in [6.07, 6.45) is -1.98. The SMILES string of the molecule is CC(C)(C)C(O)(Cn1cncn1)N1CCN(S(=O)(=O)c2ccc(OC(F)(F)F)cc2)CC1. The van der Waals surface area contributed by atoms with E-state index in [1.54, 1.807) is 0 Å². The molecule has 0 bridgehead atoms. The molecule has 1 aliphatic rings. The van der Waals surface area contributed by atoms with E-state index in [2.05, 4.69) is 14.8 Å². The summed E-state index contributed by atoms with van der Waals surface area (Å²) in [6, 6.07) is 4.10. The fourth-order valence-electron chi connectivity index (χ4n) is 3.61. The van der Waals surface area contributed by atoms with Crippen LogP contribution in [0.25, 0.3) is 0 Å². The molecule has 0 saturated carbocycles. The Kier molecular flexibility index (Phi) is 6.57. The molecule has 0 spiro atoms. The van der Waals surface area contributed by atoms with Crippen molar-refractivity contribution in [3.05, 3.63) is 36.9 Å². The first-order chi connectivity index (χ1) is 14.7. The smallest absolute Gasteiger partial charge is 0.406 e. The van der Waals surface area contributed by atoms with E-state index in [-0.39, 0.29) is 37.6 Å². The topological polar surface area (TPSA) is 101 Å². The molecule has 1 fully saturated rings. The van der Waals surface area contributed by atoms with Crippen LogP contribution in [-0.2, 0) is 16.6 Å². The second-order valence-electron chi connectivity index (χ2n) is 8.57. The molecule has 1 unspecified atom stereocenters. The molecule has 178 valence electrons. The lowest BCUT2D eigenvalue weighted by Crippen LogP contribution is -2.64. The molecule has 1 N–H and O–H groups in total. The van der Waals surface area contributed by atoms with Crippen molar-refractivity contribution in [1.29, 1.82) is 0 Å². The summed E-state index contributed by atoms with van der Waals surface area (Å²) in [5, 5.41) is 15.6. The van der Waals surface area contributed by atoms with E-state index in [9.17, 15) is 26.7 Å². The highest BCUT2D eigenvalue weighted by molar-refractivity contribution is 7.89. The summed E-state index contributed by atoms with van der Waals surface area (Å²) < 4.78 is 69.4. The van der Waals surface area contributed by atoms with E-state index in [0.717, 1.165) is 24.3 Å². The number of aromatic nitrogens is 3. The molecule has 1 atom stereocenters. The standard InChI is InChI=1S/C19H26F3N5O4S/c1-17(2,3)18(28,12-26-14-23-13-24-26)25-8-10-27(11-9-25)32(29,30)16-6-4-15(5-7-16)31-19(20,21)22/h4-7,13-14,28H,8-12H2,1-3H3. The van der Waals surface area contributed by atoms with Gasteiger partial charge in [-0.25, -0.2) is 18.1 Å². The monoisotopic (exact) mass is 477 g/mol. The number of hydrogen-bond acceptors (Lipinski definition) is 7. The Hall–Kier alpha value is -2.22. The minimum Gasteiger partial charge on any atom is -0.406 e. The Balaban J connectivity index is 1.72. The molecule has 2 heterocycles. The van der Waals surface area contributed by atoms with E-state index in [1.165, 1.54) is 21.6 Å². The van der Waals surface area contributed by atoms with Gasteiger partial charge < -0.3 is 9.84 Å². The number of ether oxygens (including phenoxy) is 1. The Morgan fingerprint density at radius 3 is 2.12 bits per heavy atom. The van der Waals surface area contributed by atoms with Gasteiger partial charge in [-0.15, -0.1) is 13.2 Å². The highest BCUT2D eigenvalue weighted by atomic mass is 32.2. The highest BCUT2D eigenvalue weighted by Gasteiger charge is 2.47. The van der Waals surface area contributed by atoms with Crippen molar-refractivity contribution in [2.24, 2.45) is 5.41 Å². The summed E-state index contributed by atoms with van der Waals surface area (Å²) in [4.78, 5) is 5.59. The molecule has 32 heavy (non-hydrogen) atoms. The summed E-state index contributed by atoms with van der Waals surface area (Å²) in [6.45, 7) is 6.56. The molecule has 9 nitrogen and oxygen atoms in total. The predicted molar refractivity (Wildman–Crippen MR) is 108 cm³/mol. The third-order valence-corrected chi connectivity index (χ3v) is 7.42. The number of halogens is 3. The number of aliphatic hydroxyl groups is 1. The normalized spacial score (nSPS) is 19.0. The van der Waals surface area contributed by atoms with Crippen LogP contribution in [0.15, 0.2) is 41.8 Å². The Morgan fingerprint density at radius 2 is 1.66 bits per heavy atom. The van der Waals surface area contributed by atoms with E-state index in [0.29, 0.717) is 0 Å². The van der Waals surface area contributed by atoms with Gasteiger partial charge in [-0.3, -0.25) is 4.90 Å². The molecular weight excluding hydrogens is 451 g/mol. The predicted octanol–water partition coefficient (Wildman–Crippen LogP) is 1.92. The minimum absolute atomic E-state index is 0.110. The Morgan fingerprint density at radius 1 is 1.06 bits per heavy atom. The molecule has 0 radical (unpaired) electrons. The number of benzene rings is 1. The van der Waals surface area contributed by atoms with Gasteiger partial charge in [0, 0.05) is 31.6 Å². The zero-order chi connectivity index (χ0) is 23.8. The van der Waals surface area contributed by atoms with Gasteiger partial charge >= 0.3 is 6.36 Å². The summed E-state index contributed by atoms with van der Waals surface area (Å²) in [7, 11) is -3.92. The largest absolute Gasteiger partial charge is 0.573 e. The first-order valence-electron chi connectivity index (χ1n) is 9.88. The van der Waals surface area contributed by atoms with Gasteiger partial charge in [0.05, 0.1) is 11.4 Å². The van der Waals surface area contributed by atoms with Crippen molar-refractivity contribution < 1.29 is 31.4 Å². The molecule has 0 aliphatic carbocycles. The number of nitrogens with zero attached hydrogens (tertiary/aromatic N) is 5. The summed E-state index contributed by atoms with van der Waals surface area (Å²) >= 11 is 0. The van der Waals surface area contributed by atoms with Crippen molar-refractivity contribution in [2.45, 2.75) is 44.3 Å². The second-order valence-corrected chi connectivity index (χ2v) is 10.5. The van der Waals surface area contributed by atoms with Crippen LogP contribution >= 0.6 is 0 Å². The van der Waals surface area contributed by atoms with Crippen LogP contribution in [-0.4, -0.2) is 75.8 Å². The van der Waals surface area contributed by atoms with E-state index in [4.69, 9.17) is 0 Å². The van der Waals surface area contributed by atoms with Crippen molar-refractivity contribution in [2.75, 3.05) is 26.2 Å². The molecule has 1 aromatic heterocycles. The average Bonchev–Trinajstić information content (AvgIpc) is 3.19. The van der Waals surface area contributed by atoms with Crippen LogP contribution in [0.1, 0.15) is 20.8 Å². The van der Waals surface area contributed by atoms with E-state index in [1.807, 2.05) is 25.7 Å². The van der Waals surface area contributed by atoms with E-state index < -0.39 is 33.3 Å². The molecule has 13 heteroatoms.